The largest absolute Gasteiger partial charge is 0.468 e. The van der Waals surface area contributed by atoms with Crippen molar-refractivity contribution in [2.45, 2.75) is 25.7 Å². The van der Waals surface area contributed by atoms with Crippen LogP contribution in [-0.4, -0.2) is 18.9 Å². The van der Waals surface area contributed by atoms with E-state index in [4.69, 9.17) is 4.74 Å². The monoisotopic (exact) mass is 194 g/mol. The van der Waals surface area contributed by atoms with E-state index in [1.807, 2.05) is 0 Å². The molecule has 14 heavy (non-hydrogen) atoms. The van der Waals surface area contributed by atoms with Gasteiger partial charge in [0.25, 0.3) is 0 Å². The minimum Gasteiger partial charge on any atom is -0.468 e. The molecule has 0 saturated heterocycles. The van der Waals surface area contributed by atoms with Crippen LogP contribution in [0.5, 0.6) is 0 Å². The summed E-state index contributed by atoms with van der Waals surface area (Å²) in [5.74, 6) is 1.05. The first-order valence-corrected chi connectivity index (χ1v) is 5.34. The molecular formula is C11H14O3. The summed E-state index contributed by atoms with van der Waals surface area (Å²) in [6.45, 7) is 0. The van der Waals surface area contributed by atoms with Crippen molar-refractivity contribution in [3.05, 3.63) is 0 Å². The molecule has 0 aliphatic heterocycles. The second-order valence-electron chi connectivity index (χ2n) is 4.81. The fourth-order valence-corrected chi connectivity index (χ4v) is 3.97. The maximum absolute atomic E-state index is 11.9. The van der Waals surface area contributed by atoms with E-state index in [0.29, 0.717) is 24.2 Å². The molecule has 4 atom stereocenters. The second kappa shape index (κ2) is 2.38. The molecule has 3 saturated carbocycles. The lowest BCUT2D eigenvalue weighted by Crippen LogP contribution is -2.28. The summed E-state index contributed by atoms with van der Waals surface area (Å²) in [6.07, 6.45) is 3.97. The average molecular weight is 194 g/mol. The van der Waals surface area contributed by atoms with Gasteiger partial charge < -0.3 is 4.74 Å². The van der Waals surface area contributed by atoms with E-state index in [1.165, 1.54) is 13.5 Å². The molecule has 0 spiro atoms. The van der Waals surface area contributed by atoms with Gasteiger partial charge in [0.15, 0.2) is 5.78 Å². The van der Waals surface area contributed by atoms with Crippen LogP contribution < -0.4 is 0 Å². The number of Topliss-reactive ketones (excluding diaryl/α,β-unsaturated/α-hetero) is 1. The molecular weight excluding hydrogens is 180 g/mol. The van der Waals surface area contributed by atoms with E-state index in [9.17, 15) is 9.59 Å². The molecule has 0 amide bonds. The molecule has 0 radical (unpaired) electrons. The Bertz CT molecular complexity index is 312. The van der Waals surface area contributed by atoms with Crippen LogP contribution in [0.3, 0.4) is 0 Å². The van der Waals surface area contributed by atoms with Crippen molar-refractivity contribution in [3.63, 3.8) is 0 Å². The lowest BCUT2D eigenvalue weighted by Gasteiger charge is -2.19. The first-order chi connectivity index (χ1) is 6.72. The highest BCUT2D eigenvalue weighted by Crippen LogP contribution is 2.73. The summed E-state index contributed by atoms with van der Waals surface area (Å²) in [7, 11) is 1.39. The lowest BCUT2D eigenvalue weighted by molar-refractivity contribution is -0.151. The summed E-state index contributed by atoms with van der Waals surface area (Å²) < 4.78 is 4.80. The average Bonchev–Trinajstić information content (AvgIpc) is 2.77. The van der Waals surface area contributed by atoms with Crippen molar-refractivity contribution in [2.75, 3.05) is 7.11 Å². The number of methoxy groups -OCH3 is 1. The quantitative estimate of drug-likeness (QED) is 0.465. The molecule has 0 aromatic rings. The van der Waals surface area contributed by atoms with Gasteiger partial charge in [0, 0.05) is 6.42 Å². The number of carbonyl (C=O) groups is 2. The molecule has 2 unspecified atom stereocenters. The first kappa shape index (κ1) is 8.45. The van der Waals surface area contributed by atoms with Crippen LogP contribution in [0.1, 0.15) is 25.7 Å². The molecule has 0 bridgehead atoms. The van der Waals surface area contributed by atoms with Gasteiger partial charge in [-0.05, 0) is 30.6 Å². The number of fused-ring (bicyclic) bond motifs is 1. The molecule has 76 valence electrons. The fraction of sp³-hybridized carbons (Fsp3) is 0.818. The minimum absolute atomic E-state index is 0.157. The van der Waals surface area contributed by atoms with Gasteiger partial charge in [-0.15, -0.1) is 0 Å². The zero-order valence-electron chi connectivity index (χ0n) is 8.29. The highest BCUT2D eigenvalue weighted by atomic mass is 16.5. The van der Waals surface area contributed by atoms with Gasteiger partial charge in [0.1, 0.15) is 5.41 Å². The fourth-order valence-electron chi connectivity index (χ4n) is 3.97. The van der Waals surface area contributed by atoms with Gasteiger partial charge in [-0.3, -0.25) is 9.59 Å². The van der Waals surface area contributed by atoms with Crippen LogP contribution in [0, 0.1) is 23.2 Å². The number of carbonyl (C=O) groups excluding carboxylic acids is 2. The number of hydrogen-bond acceptors (Lipinski definition) is 3. The molecule has 0 aromatic heterocycles. The summed E-state index contributed by atoms with van der Waals surface area (Å²) in [4.78, 5) is 23.5. The predicted molar refractivity (Wildman–Crippen MR) is 48.4 cm³/mol. The summed E-state index contributed by atoms with van der Waals surface area (Å²) in [5.41, 5.74) is -0.671. The zero-order chi connectivity index (χ0) is 9.92. The number of ketones is 1. The van der Waals surface area contributed by atoms with Crippen LogP contribution in [-0.2, 0) is 14.3 Å². The Balaban J connectivity index is 2.00. The SMILES string of the molecule is COC(=O)C12C(=O)C[C@@H]3CCCC1[C@@H]32. The van der Waals surface area contributed by atoms with Crippen molar-refractivity contribution in [1.82, 2.24) is 0 Å². The van der Waals surface area contributed by atoms with Gasteiger partial charge in [0.2, 0.25) is 0 Å². The van der Waals surface area contributed by atoms with E-state index in [1.54, 1.807) is 0 Å². The maximum Gasteiger partial charge on any atom is 0.319 e. The Morgan fingerprint density at radius 1 is 1.50 bits per heavy atom. The number of esters is 1. The van der Waals surface area contributed by atoms with Crippen LogP contribution in [0.15, 0.2) is 0 Å². The smallest absolute Gasteiger partial charge is 0.319 e. The van der Waals surface area contributed by atoms with E-state index in [-0.39, 0.29) is 11.8 Å². The molecule has 3 nitrogen and oxygen atoms in total. The molecule has 3 aliphatic carbocycles. The number of rotatable bonds is 1. The van der Waals surface area contributed by atoms with Gasteiger partial charge >= 0.3 is 5.97 Å². The Hall–Kier alpha value is -0.860. The second-order valence-corrected chi connectivity index (χ2v) is 4.81. The van der Waals surface area contributed by atoms with Crippen LogP contribution in [0.2, 0.25) is 0 Å². The molecule has 0 heterocycles. The van der Waals surface area contributed by atoms with Crippen LogP contribution in [0.4, 0.5) is 0 Å². The molecule has 3 heteroatoms. The Kier molecular flexibility index (Phi) is 1.44. The van der Waals surface area contributed by atoms with E-state index >= 15 is 0 Å². The van der Waals surface area contributed by atoms with Gasteiger partial charge in [-0.2, -0.15) is 0 Å². The summed E-state index contributed by atoms with van der Waals surface area (Å²) in [5, 5.41) is 0. The van der Waals surface area contributed by atoms with E-state index in [0.717, 1.165) is 12.8 Å². The van der Waals surface area contributed by atoms with Gasteiger partial charge in [-0.25, -0.2) is 0 Å². The normalized spacial score (nSPS) is 48.6. The minimum atomic E-state index is -0.671. The topological polar surface area (TPSA) is 43.4 Å². The lowest BCUT2D eigenvalue weighted by atomic mass is 9.85. The molecule has 0 N–H and O–H groups in total. The van der Waals surface area contributed by atoms with E-state index in [2.05, 4.69) is 0 Å². The van der Waals surface area contributed by atoms with Crippen molar-refractivity contribution in [2.24, 2.45) is 23.2 Å². The Morgan fingerprint density at radius 3 is 2.93 bits per heavy atom. The molecule has 3 fully saturated rings. The van der Waals surface area contributed by atoms with E-state index < -0.39 is 5.41 Å². The first-order valence-electron chi connectivity index (χ1n) is 5.34. The van der Waals surface area contributed by atoms with Gasteiger partial charge in [0.05, 0.1) is 7.11 Å². The third-order valence-electron chi connectivity index (χ3n) is 4.47. The summed E-state index contributed by atoms with van der Waals surface area (Å²) in [6, 6.07) is 0. The van der Waals surface area contributed by atoms with Crippen molar-refractivity contribution < 1.29 is 14.3 Å². The Morgan fingerprint density at radius 2 is 2.29 bits per heavy atom. The predicted octanol–water partition coefficient (Wildman–Crippen LogP) is 1.16. The zero-order valence-corrected chi connectivity index (χ0v) is 8.29. The Labute approximate surface area is 82.8 Å². The highest BCUT2D eigenvalue weighted by molar-refractivity contribution is 6.10. The molecule has 0 aromatic carbocycles. The third-order valence-corrected chi connectivity index (χ3v) is 4.47. The van der Waals surface area contributed by atoms with Crippen LogP contribution >= 0.6 is 0 Å². The maximum atomic E-state index is 11.9. The van der Waals surface area contributed by atoms with Crippen LogP contribution in [0.25, 0.3) is 0 Å². The number of ether oxygens (including phenoxy) is 1. The standard InChI is InChI=1S/C11H14O3/c1-14-10(13)11-7-4-2-3-6(9(7)11)5-8(11)12/h6-7,9H,2-5H2,1H3/t6-,7?,9+,11?/m0/s1. The number of hydrogen-bond donors (Lipinski definition) is 0. The van der Waals surface area contributed by atoms with Crippen molar-refractivity contribution in [1.29, 1.82) is 0 Å². The van der Waals surface area contributed by atoms with Crippen molar-refractivity contribution in [3.8, 4) is 0 Å². The third kappa shape index (κ3) is 0.677. The van der Waals surface area contributed by atoms with Crippen molar-refractivity contribution >= 4 is 11.8 Å². The molecule has 3 aliphatic rings. The highest BCUT2D eigenvalue weighted by Gasteiger charge is 2.80. The molecule has 3 rings (SSSR count). The summed E-state index contributed by atoms with van der Waals surface area (Å²) >= 11 is 0. The van der Waals surface area contributed by atoms with Gasteiger partial charge in [-0.1, -0.05) is 6.42 Å².